The van der Waals surface area contributed by atoms with Crippen molar-refractivity contribution in [2.24, 2.45) is 5.92 Å². The molecule has 7 rings (SSSR count). The predicted octanol–water partition coefficient (Wildman–Crippen LogP) is 9.40. The third kappa shape index (κ3) is 12.2. The smallest absolute Gasteiger partial charge is 0.306 e. The molecule has 1 aliphatic carbocycles. The molecule has 0 radical (unpaired) electrons. The lowest BCUT2D eigenvalue weighted by atomic mass is 9.75. The predicted molar refractivity (Wildman–Crippen MR) is 276 cm³/mol. The SMILES string of the molecule is COc1ccc(C[C@@H]2c3cc(OC)c(OC)cc3CC[N@+]2(C)CCCOC(=O)CC/C=C/CCC(=O)OCC2CC([N+]3(C)CCc4cc(OC)c(OC)cc4[C@@H]3Cc3ccc(OC)c(OC)c3)C2)cc1OC. The number of carbonyl (C=O) groups is 2. The van der Waals surface area contributed by atoms with Crippen LogP contribution in [0.4, 0.5) is 0 Å². The maximum atomic E-state index is 12.8. The van der Waals surface area contributed by atoms with Gasteiger partial charge in [-0.2, -0.15) is 0 Å². The number of rotatable bonds is 25. The number of nitrogens with zero attached hydrogens (tertiary/aromatic N) is 2. The first-order valence-electron chi connectivity index (χ1n) is 25.4. The maximum absolute atomic E-state index is 12.8. The summed E-state index contributed by atoms with van der Waals surface area (Å²) in [5.74, 6) is 5.65. The average molecular weight is 995 g/mol. The van der Waals surface area contributed by atoms with Crippen molar-refractivity contribution in [1.82, 2.24) is 0 Å². The average Bonchev–Trinajstić information content (AvgIpc) is 3.38. The highest BCUT2D eigenvalue weighted by atomic mass is 16.5. The number of quaternary nitrogens is 2. The number of ether oxygens (including phenoxy) is 10. The van der Waals surface area contributed by atoms with Crippen LogP contribution in [0.25, 0.3) is 0 Å². The zero-order valence-corrected chi connectivity index (χ0v) is 44.3. The molecule has 14 heteroatoms. The molecule has 1 fully saturated rings. The van der Waals surface area contributed by atoms with Gasteiger partial charge in [0.05, 0.1) is 110 Å². The van der Waals surface area contributed by atoms with Crippen LogP contribution in [0.3, 0.4) is 0 Å². The van der Waals surface area contributed by atoms with Crippen molar-refractivity contribution in [2.45, 2.75) is 88.8 Å². The number of fused-ring (bicyclic) bond motifs is 2. The molecule has 1 saturated carbocycles. The lowest BCUT2D eigenvalue weighted by Gasteiger charge is -2.55. The molecule has 4 atom stereocenters. The van der Waals surface area contributed by atoms with Gasteiger partial charge in [0, 0.05) is 74.8 Å². The second-order valence-electron chi connectivity index (χ2n) is 19.9. The Bertz CT molecular complexity index is 2520. The number of likely N-dealkylation sites (N-methyl/N-ethyl adjacent to an activating group) is 2. The van der Waals surface area contributed by atoms with Gasteiger partial charge < -0.3 is 56.3 Å². The topological polar surface area (TPSA) is 126 Å². The van der Waals surface area contributed by atoms with Crippen molar-refractivity contribution in [2.75, 3.05) is 104 Å². The summed E-state index contributed by atoms with van der Waals surface area (Å²) < 4.78 is 58.5. The van der Waals surface area contributed by atoms with E-state index in [0.717, 1.165) is 102 Å². The third-order valence-corrected chi connectivity index (χ3v) is 15.8. The largest absolute Gasteiger partial charge is 0.493 e. The molecular formula is C58H78N2O12+2. The normalized spacial score (nSPS) is 22.1. The molecule has 390 valence electrons. The third-order valence-electron chi connectivity index (χ3n) is 15.8. The number of allylic oxidation sites excluding steroid dienone is 2. The van der Waals surface area contributed by atoms with Gasteiger partial charge in [-0.1, -0.05) is 24.3 Å². The summed E-state index contributed by atoms with van der Waals surface area (Å²) in [5, 5.41) is 0. The Morgan fingerprint density at radius 3 is 1.50 bits per heavy atom. The molecule has 0 amide bonds. The van der Waals surface area contributed by atoms with Gasteiger partial charge >= 0.3 is 11.9 Å². The Labute approximate surface area is 427 Å². The second kappa shape index (κ2) is 24.5. The zero-order chi connectivity index (χ0) is 51.4. The van der Waals surface area contributed by atoms with E-state index in [1.807, 2.05) is 24.3 Å². The van der Waals surface area contributed by atoms with Crippen LogP contribution in [0.5, 0.6) is 46.0 Å². The Kier molecular flexibility index (Phi) is 18.3. The van der Waals surface area contributed by atoms with E-state index in [1.54, 1.807) is 56.9 Å². The Morgan fingerprint density at radius 2 is 0.986 bits per heavy atom. The minimum absolute atomic E-state index is 0.122. The van der Waals surface area contributed by atoms with Crippen molar-refractivity contribution in [3.63, 3.8) is 0 Å². The lowest BCUT2D eigenvalue weighted by Crippen LogP contribution is -2.62. The Balaban J connectivity index is 0.843. The van der Waals surface area contributed by atoms with Gasteiger partial charge in [-0.25, -0.2) is 0 Å². The van der Waals surface area contributed by atoms with Crippen molar-refractivity contribution in [3.05, 3.63) is 106 Å². The number of carbonyl (C=O) groups excluding carboxylic acids is 2. The lowest BCUT2D eigenvalue weighted by molar-refractivity contribution is -0.970. The fourth-order valence-corrected chi connectivity index (χ4v) is 11.4. The quantitative estimate of drug-likeness (QED) is 0.0272. The van der Waals surface area contributed by atoms with E-state index in [0.29, 0.717) is 67.4 Å². The summed E-state index contributed by atoms with van der Waals surface area (Å²) in [6.07, 6.45) is 11.7. The minimum atomic E-state index is -0.222. The van der Waals surface area contributed by atoms with Crippen molar-refractivity contribution in [1.29, 1.82) is 0 Å². The Hall–Kier alpha value is -6.12. The molecule has 0 aromatic heterocycles. The highest BCUT2D eigenvalue weighted by Crippen LogP contribution is 2.49. The first kappa shape index (κ1) is 53.7. The highest BCUT2D eigenvalue weighted by molar-refractivity contribution is 5.70. The van der Waals surface area contributed by atoms with E-state index >= 15 is 0 Å². The molecule has 14 nitrogen and oxygen atoms in total. The fraction of sp³-hybridized carbons (Fsp3) is 0.517. The summed E-state index contributed by atoms with van der Waals surface area (Å²) in [7, 11) is 18.0. The van der Waals surface area contributed by atoms with Gasteiger partial charge in [0.15, 0.2) is 46.0 Å². The van der Waals surface area contributed by atoms with E-state index in [2.05, 4.69) is 62.6 Å². The van der Waals surface area contributed by atoms with Gasteiger partial charge in [-0.05, 0) is 83.6 Å². The number of esters is 2. The number of benzene rings is 4. The number of hydrogen-bond acceptors (Lipinski definition) is 12. The molecule has 1 unspecified atom stereocenters. The molecule has 4 aromatic carbocycles. The van der Waals surface area contributed by atoms with Gasteiger partial charge in [-0.15, -0.1) is 0 Å². The van der Waals surface area contributed by atoms with E-state index in [-0.39, 0.29) is 30.4 Å². The molecule has 0 spiro atoms. The van der Waals surface area contributed by atoms with Gasteiger partial charge in [0.25, 0.3) is 0 Å². The number of methoxy groups -OCH3 is 8. The summed E-state index contributed by atoms with van der Waals surface area (Å²) in [4.78, 5) is 25.6. The second-order valence-corrected chi connectivity index (χ2v) is 19.9. The van der Waals surface area contributed by atoms with Gasteiger partial charge in [0.2, 0.25) is 0 Å². The summed E-state index contributed by atoms with van der Waals surface area (Å²) >= 11 is 0. The first-order chi connectivity index (χ1) is 34.8. The van der Waals surface area contributed by atoms with E-state index in [1.165, 1.54) is 27.8 Å². The highest BCUT2D eigenvalue weighted by Gasteiger charge is 2.50. The molecule has 0 bridgehead atoms. The first-order valence-corrected chi connectivity index (χ1v) is 25.4. The van der Waals surface area contributed by atoms with Crippen LogP contribution in [0, 0.1) is 5.92 Å². The van der Waals surface area contributed by atoms with Crippen LogP contribution in [-0.2, 0) is 44.7 Å². The molecule has 2 aliphatic heterocycles. The van der Waals surface area contributed by atoms with E-state index in [4.69, 9.17) is 47.4 Å². The standard InChI is InChI=1S/C58H78N2O12/c1-59(25-22-42-34-53(67-7)55(69-9)36-45(42)47(59)30-39-18-20-49(63-3)51(32-39)65-5)24-15-27-71-57(61)16-13-11-12-14-17-58(62)72-38-41-28-44(29-41)60(2)26-23-43-35-54(68-8)56(70-10)37-46(43)48(60)31-40-19-21-50(64-4)52(33-40)66-6/h11-12,18-21,32-37,41,44,47-48H,13-17,22-31,38H2,1-10H3/q+2/b12-11+/t41?,44?,47-,48+,59+,60?/m1/s1. The summed E-state index contributed by atoms with van der Waals surface area (Å²) in [6.45, 7) is 3.54. The molecule has 2 heterocycles. The van der Waals surface area contributed by atoms with Crippen LogP contribution in [0.15, 0.2) is 72.8 Å². The van der Waals surface area contributed by atoms with Crippen molar-refractivity contribution in [3.8, 4) is 46.0 Å². The van der Waals surface area contributed by atoms with Gasteiger partial charge in [-0.3, -0.25) is 9.59 Å². The van der Waals surface area contributed by atoms with Crippen LogP contribution in [-0.4, -0.2) is 131 Å². The van der Waals surface area contributed by atoms with Crippen molar-refractivity contribution >= 4 is 11.9 Å². The van der Waals surface area contributed by atoms with Crippen LogP contribution >= 0.6 is 0 Å². The van der Waals surface area contributed by atoms with Crippen molar-refractivity contribution < 1.29 is 65.9 Å². The molecule has 3 aliphatic rings. The monoisotopic (exact) mass is 995 g/mol. The molecule has 0 N–H and O–H groups in total. The minimum Gasteiger partial charge on any atom is -0.493 e. The van der Waals surface area contributed by atoms with Crippen LogP contribution in [0.2, 0.25) is 0 Å². The fourth-order valence-electron chi connectivity index (χ4n) is 11.4. The Morgan fingerprint density at radius 1 is 0.542 bits per heavy atom. The maximum Gasteiger partial charge on any atom is 0.306 e. The van der Waals surface area contributed by atoms with E-state index in [9.17, 15) is 9.59 Å². The molecular weight excluding hydrogens is 917 g/mol. The molecule has 72 heavy (non-hydrogen) atoms. The van der Waals surface area contributed by atoms with Gasteiger partial charge in [0.1, 0.15) is 12.1 Å². The van der Waals surface area contributed by atoms with E-state index < -0.39 is 0 Å². The summed E-state index contributed by atoms with van der Waals surface area (Å²) in [5.41, 5.74) is 7.38. The molecule has 0 saturated heterocycles. The zero-order valence-electron chi connectivity index (χ0n) is 44.3. The van der Waals surface area contributed by atoms with Crippen LogP contribution in [0.1, 0.15) is 90.4 Å². The molecule has 4 aromatic rings. The summed E-state index contributed by atoms with van der Waals surface area (Å²) in [6, 6.07) is 21.6. The number of hydrogen-bond donors (Lipinski definition) is 0. The van der Waals surface area contributed by atoms with Crippen LogP contribution < -0.4 is 37.9 Å².